The second-order valence-corrected chi connectivity index (χ2v) is 7.88. The number of aromatic nitrogens is 3. The number of rotatable bonds is 5. The number of likely N-dealkylation sites (tertiary alicyclic amines) is 1. The molecule has 0 amide bonds. The molecule has 1 aromatic carbocycles. The van der Waals surface area contributed by atoms with E-state index in [1.165, 1.54) is 12.8 Å². The van der Waals surface area contributed by atoms with E-state index in [0.717, 1.165) is 42.9 Å². The molecular formula is C20H26N4O2. The van der Waals surface area contributed by atoms with Crippen molar-refractivity contribution in [2.75, 3.05) is 13.1 Å². The number of benzene rings is 1. The Hall–Kier alpha value is -2.18. The summed E-state index contributed by atoms with van der Waals surface area (Å²) in [7, 11) is 0. The van der Waals surface area contributed by atoms with E-state index in [-0.39, 0.29) is 0 Å². The molecule has 6 nitrogen and oxygen atoms in total. The van der Waals surface area contributed by atoms with Gasteiger partial charge >= 0.3 is 0 Å². The maximum atomic E-state index is 10.0. The Morgan fingerprint density at radius 1 is 1.31 bits per heavy atom. The lowest BCUT2D eigenvalue weighted by Gasteiger charge is -2.31. The highest BCUT2D eigenvalue weighted by Gasteiger charge is 2.24. The Kier molecular flexibility index (Phi) is 4.54. The molecule has 3 aromatic rings. The quantitative estimate of drug-likeness (QED) is 0.762. The maximum Gasteiger partial charge on any atom is 0.134 e. The minimum atomic E-state index is -0.946. The number of hydrogen-bond acceptors (Lipinski definition) is 5. The molecule has 0 radical (unpaired) electrons. The topological polar surface area (TPSA) is 67.3 Å². The summed E-state index contributed by atoms with van der Waals surface area (Å²) in [5, 5.41) is 19.5. The van der Waals surface area contributed by atoms with Crippen molar-refractivity contribution in [2.24, 2.45) is 5.92 Å². The van der Waals surface area contributed by atoms with Gasteiger partial charge in [0.25, 0.3) is 0 Å². The van der Waals surface area contributed by atoms with Crippen molar-refractivity contribution in [3.05, 3.63) is 48.0 Å². The van der Waals surface area contributed by atoms with Crippen LogP contribution in [-0.4, -0.2) is 38.1 Å². The van der Waals surface area contributed by atoms with E-state index in [9.17, 15) is 5.11 Å². The molecule has 2 aromatic heterocycles. The van der Waals surface area contributed by atoms with Crippen LogP contribution in [-0.2, 0) is 18.7 Å². The lowest BCUT2D eigenvalue weighted by molar-refractivity contribution is 0.0737. The zero-order chi connectivity index (χ0) is 18.1. The van der Waals surface area contributed by atoms with Crippen LogP contribution in [0.15, 0.2) is 40.9 Å². The molecule has 0 bridgehead atoms. The van der Waals surface area contributed by atoms with Crippen LogP contribution in [0.4, 0.5) is 0 Å². The Balaban J connectivity index is 1.38. The van der Waals surface area contributed by atoms with Crippen molar-refractivity contribution >= 4 is 11.0 Å². The first-order valence-electron chi connectivity index (χ1n) is 9.30. The molecule has 138 valence electrons. The van der Waals surface area contributed by atoms with Crippen LogP contribution < -0.4 is 0 Å². The largest absolute Gasteiger partial charge is 0.460 e. The minimum Gasteiger partial charge on any atom is -0.460 e. The minimum absolute atomic E-state index is 0.532. The predicted molar refractivity (Wildman–Crippen MR) is 99.5 cm³/mol. The van der Waals surface area contributed by atoms with Crippen LogP contribution in [0.2, 0.25) is 0 Å². The number of para-hydroxylation sites is 1. The summed E-state index contributed by atoms with van der Waals surface area (Å²) in [5.41, 5.74) is 0.628. The fourth-order valence-electron chi connectivity index (χ4n) is 3.71. The van der Waals surface area contributed by atoms with E-state index >= 15 is 0 Å². The van der Waals surface area contributed by atoms with Gasteiger partial charge in [-0.3, -0.25) is 9.58 Å². The van der Waals surface area contributed by atoms with Gasteiger partial charge < -0.3 is 9.52 Å². The van der Waals surface area contributed by atoms with Crippen LogP contribution in [0.25, 0.3) is 11.0 Å². The van der Waals surface area contributed by atoms with Crippen molar-refractivity contribution in [2.45, 2.75) is 45.4 Å². The van der Waals surface area contributed by atoms with E-state index < -0.39 is 5.60 Å². The van der Waals surface area contributed by atoms with E-state index in [4.69, 9.17) is 4.42 Å². The van der Waals surface area contributed by atoms with Gasteiger partial charge in [-0.05, 0) is 51.3 Å². The number of hydrogen-bond donors (Lipinski definition) is 1. The number of aliphatic hydroxyl groups is 1. The van der Waals surface area contributed by atoms with Crippen molar-refractivity contribution in [3.63, 3.8) is 0 Å². The highest BCUT2D eigenvalue weighted by molar-refractivity contribution is 5.77. The van der Waals surface area contributed by atoms with Crippen LogP contribution in [0.3, 0.4) is 0 Å². The van der Waals surface area contributed by atoms with Gasteiger partial charge in [-0.15, -0.1) is 5.10 Å². The average Bonchev–Trinajstić information content (AvgIpc) is 3.21. The first kappa shape index (κ1) is 17.2. The second kappa shape index (κ2) is 6.85. The van der Waals surface area contributed by atoms with Gasteiger partial charge in [0, 0.05) is 18.5 Å². The molecular weight excluding hydrogens is 328 g/mol. The summed E-state index contributed by atoms with van der Waals surface area (Å²) in [6, 6.07) is 10.3. The maximum absolute atomic E-state index is 10.0. The molecule has 1 unspecified atom stereocenters. The van der Waals surface area contributed by atoms with Crippen molar-refractivity contribution in [1.82, 2.24) is 19.9 Å². The van der Waals surface area contributed by atoms with Crippen molar-refractivity contribution in [1.29, 1.82) is 0 Å². The lowest BCUT2D eigenvalue weighted by atomic mass is 9.98. The summed E-state index contributed by atoms with van der Waals surface area (Å²) in [6.45, 7) is 7.26. The SMILES string of the molecule is CC(C)(O)c1cn(CC2CCCN(Cc3cc4ccccc4o3)C2)nn1. The Bertz CT molecular complexity index is 844. The standard InChI is InChI=1S/C20H26N4O2/c1-20(2,25)19-14-24(22-21-19)12-15-6-5-9-23(11-15)13-17-10-16-7-3-4-8-18(16)26-17/h3-4,7-8,10,14-15,25H,5-6,9,11-13H2,1-2H3. The molecule has 1 aliphatic rings. The van der Waals surface area contributed by atoms with Crippen LogP contribution in [0.1, 0.15) is 38.1 Å². The molecule has 1 atom stereocenters. The first-order valence-corrected chi connectivity index (χ1v) is 9.30. The normalized spacial score (nSPS) is 19.3. The van der Waals surface area contributed by atoms with Crippen LogP contribution in [0, 0.1) is 5.92 Å². The highest BCUT2D eigenvalue weighted by atomic mass is 16.3. The predicted octanol–water partition coefficient (Wildman–Crippen LogP) is 3.16. The van der Waals surface area contributed by atoms with E-state index in [2.05, 4.69) is 27.3 Å². The summed E-state index contributed by atoms with van der Waals surface area (Å²) in [5.74, 6) is 1.56. The molecule has 4 rings (SSSR count). The first-order chi connectivity index (χ1) is 12.5. The van der Waals surface area contributed by atoms with Gasteiger partial charge in [0.1, 0.15) is 22.6 Å². The molecule has 3 heterocycles. The van der Waals surface area contributed by atoms with Gasteiger partial charge in [0.15, 0.2) is 0 Å². The van der Waals surface area contributed by atoms with Crippen LogP contribution in [0.5, 0.6) is 0 Å². The Morgan fingerprint density at radius 2 is 2.15 bits per heavy atom. The molecule has 1 aliphatic heterocycles. The van der Waals surface area contributed by atoms with Gasteiger partial charge in [-0.25, -0.2) is 0 Å². The van der Waals surface area contributed by atoms with Crippen molar-refractivity contribution < 1.29 is 9.52 Å². The number of nitrogens with zero attached hydrogens (tertiary/aromatic N) is 4. The average molecular weight is 354 g/mol. The molecule has 0 spiro atoms. The molecule has 1 saturated heterocycles. The molecule has 0 aliphatic carbocycles. The second-order valence-electron chi connectivity index (χ2n) is 7.88. The van der Waals surface area contributed by atoms with Gasteiger partial charge in [0.2, 0.25) is 0 Å². The third-order valence-corrected chi connectivity index (χ3v) is 5.07. The zero-order valence-electron chi connectivity index (χ0n) is 15.4. The molecule has 0 saturated carbocycles. The fourth-order valence-corrected chi connectivity index (χ4v) is 3.71. The summed E-state index contributed by atoms with van der Waals surface area (Å²) >= 11 is 0. The zero-order valence-corrected chi connectivity index (χ0v) is 15.4. The number of piperidine rings is 1. The summed E-state index contributed by atoms with van der Waals surface area (Å²) < 4.78 is 7.83. The third-order valence-electron chi connectivity index (χ3n) is 5.07. The van der Waals surface area contributed by atoms with E-state index in [1.807, 2.05) is 29.1 Å². The van der Waals surface area contributed by atoms with E-state index in [0.29, 0.717) is 11.6 Å². The van der Waals surface area contributed by atoms with Crippen molar-refractivity contribution in [3.8, 4) is 0 Å². The smallest absolute Gasteiger partial charge is 0.134 e. The molecule has 6 heteroatoms. The summed E-state index contributed by atoms with van der Waals surface area (Å²) in [6.07, 6.45) is 4.23. The van der Waals surface area contributed by atoms with Gasteiger partial charge in [-0.2, -0.15) is 0 Å². The lowest BCUT2D eigenvalue weighted by Crippen LogP contribution is -2.36. The summed E-state index contributed by atoms with van der Waals surface area (Å²) in [4.78, 5) is 2.46. The Labute approximate surface area is 153 Å². The van der Waals surface area contributed by atoms with E-state index in [1.54, 1.807) is 13.8 Å². The Morgan fingerprint density at radius 3 is 2.92 bits per heavy atom. The number of furan rings is 1. The van der Waals surface area contributed by atoms with Gasteiger partial charge in [0.05, 0.1) is 12.7 Å². The third kappa shape index (κ3) is 3.81. The molecule has 26 heavy (non-hydrogen) atoms. The van der Waals surface area contributed by atoms with Gasteiger partial charge in [-0.1, -0.05) is 23.4 Å². The molecule has 1 fully saturated rings. The highest BCUT2D eigenvalue weighted by Crippen LogP contribution is 2.24. The van der Waals surface area contributed by atoms with Crippen LogP contribution >= 0.6 is 0 Å². The monoisotopic (exact) mass is 354 g/mol. The number of fused-ring (bicyclic) bond motifs is 1. The fraction of sp³-hybridized carbons (Fsp3) is 0.500. The molecule has 1 N–H and O–H groups in total.